The molecule has 1 heterocycles. The standard InChI is InChI=1S/C13H15ClN6O2S/c1-7(11(21)17-12(22)16-2)23-13-19-18-10(20(13)15)8-5-3-4-6-9(8)14/h3-7H,15H2,1-2H3,(H2,16,17,21,22)/t7-/m0/s1. The molecule has 23 heavy (non-hydrogen) atoms. The molecule has 0 aliphatic heterocycles. The van der Waals surface area contributed by atoms with Crippen molar-refractivity contribution < 1.29 is 9.59 Å². The Kier molecular flexibility index (Phi) is 5.45. The summed E-state index contributed by atoms with van der Waals surface area (Å²) in [5.41, 5.74) is 0.637. The van der Waals surface area contributed by atoms with Gasteiger partial charge in [0, 0.05) is 12.6 Å². The summed E-state index contributed by atoms with van der Waals surface area (Å²) in [4.78, 5) is 23.0. The first kappa shape index (κ1) is 17.1. The molecule has 0 spiro atoms. The number of nitrogens with zero attached hydrogens (tertiary/aromatic N) is 3. The lowest BCUT2D eigenvalue weighted by molar-refractivity contribution is -0.119. The number of halogens is 1. The number of urea groups is 1. The number of rotatable bonds is 4. The molecular formula is C13H15ClN6O2S. The van der Waals surface area contributed by atoms with Crippen molar-refractivity contribution in [2.24, 2.45) is 0 Å². The van der Waals surface area contributed by atoms with Crippen LogP contribution in [0.2, 0.25) is 5.02 Å². The number of nitrogens with two attached hydrogens (primary N) is 1. The van der Waals surface area contributed by atoms with Gasteiger partial charge in [-0.3, -0.25) is 10.1 Å². The van der Waals surface area contributed by atoms with E-state index < -0.39 is 17.2 Å². The van der Waals surface area contributed by atoms with Crippen LogP contribution in [0.4, 0.5) is 4.79 Å². The molecule has 2 aromatic rings. The largest absolute Gasteiger partial charge is 0.341 e. The lowest BCUT2D eigenvalue weighted by Crippen LogP contribution is -2.41. The average Bonchev–Trinajstić information content (AvgIpc) is 2.88. The van der Waals surface area contributed by atoms with Gasteiger partial charge in [0.1, 0.15) is 0 Å². The maximum Gasteiger partial charge on any atom is 0.321 e. The van der Waals surface area contributed by atoms with Crippen LogP contribution < -0.4 is 16.5 Å². The first-order valence-electron chi connectivity index (χ1n) is 6.58. The Morgan fingerprint density at radius 2 is 2.04 bits per heavy atom. The van der Waals surface area contributed by atoms with E-state index in [2.05, 4.69) is 20.8 Å². The maximum absolute atomic E-state index is 11.8. The predicted molar refractivity (Wildman–Crippen MR) is 88.5 cm³/mol. The van der Waals surface area contributed by atoms with Crippen molar-refractivity contribution in [1.29, 1.82) is 0 Å². The van der Waals surface area contributed by atoms with Crippen molar-refractivity contribution in [2.45, 2.75) is 17.3 Å². The van der Waals surface area contributed by atoms with Gasteiger partial charge in [0.25, 0.3) is 0 Å². The molecule has 3 amide bonds. The highest BCUT2D eigenvalue weighted by atomic mass is 35.5. The Bertz CT molecular complexity index is 735. The Morgan fingerprint density at radius 1 is 1.35 bits per heavy atom. The van der Waals surface area contributed by atoms with E-state index in [0.29, 0.717) is 21.6 Å². The summed E-state index contributed by atoms with van der Waals surface area (Å²) in [7, 11) is 1.42. The molecule has 0 radical (unpaired) electrons. The normalized spacial score (nSPS) is 11.8. The highest BCUT2D eigenvalue weighted by molar-refractivity contribution is 8.00. The van der Waals surface area contributed by atoms with Crippen LogP contribution in [-0.4, -0.2) is 39.1 Å². The minimum Gasteiger partial charge on any atom is -0.341 e. The summed E-state index contributed by atoms with van der Waals surface area (Å²) in [5, 5.41) is 12.7. The number of thioether (sulfide) groups is 1. The highest BCUT2D eigenvalue weighted by Crippen LogP contribution is 2.28. The fraction of sp³-hybridized carbons (Fsp3) is 0.231. The number of amides is 3. The third kappa shape index (κ3) is 3.93. The van der Waals surface area contributed by atoms with Crippen molar-refractivity contribution in [3.63, 3.8) is 0 Å². The van der Waals surface area contributed by atoms with E-state index in [9.17, 15) is 9.59 Å². The number of benzene rings is 1. The molecular weight excluding hydrogens is 340 g/mol. The van der Waals surface area contributed by atoms with Crippen LogP contribution in [0, 0.1) is 0 Å². The Labute approximate surface area is 141 Å². The number of carbonyl (C=O) groups excluding carboxylic acids is 2. The van der Waals surface area contributed by atoms with E-state index in [1.807, 2.05) is 6.07 Å². The van der Waals surface area contributed by atoms with Crippen LogP contribution in [-0.2, 0) is 4.79 Å². The van der Waals surface area contributed by atoms with E-state index in [4.69, 9.17) is 17.4 Å². The van der Waals surface area contributed by atoms with E-state index in [0.717, 1.165) is 11.8 Å². The quantitative estimate of drug-likeness (QED) is 0.562. The molecule has 1 aromatic carbocycles. The second-order valence-electron chi connectivity index (χ2n) is 4.48. The third-order valence-corrected chi connectivity index (χ3v) is 4.28. The lowest BCUT2D eigenvalue weighted by atomic mass is 10.2. The molecule has 1 atom stereocenters. The molecule has 0 fully saturated rings. The van der Waals surface area contributed by atoms with E-state index in [1.54, 1.807) is 25.1 Å². The molecule has 4 N–H and O–H groups in total. The van der Waals surface area contributed by atoms with Crippen LogP contribution in [0.1, 0.15) is 6.92 Å². The fourth-order valence-electron chi connectivity index (χ4n) is 1.67. The van der Waals surface area contributed by atoms with Gasteiger partial charge >= 0.3 is 6.03 Å². The summed E-state index contributed by atoms with van der Waals surface area (Å²) in [6.07, 6.45) is 0. The molecule has 10 heteroatoms. The molecule has 0 unspecified atom stereocenters. The number of aromatic nitrogens is 3. The molecule has 0 saturated carbocycles. The van der Waals surface area contributed by atoms with Crippen molar-refractivity contribution in [1.82, 2.24) is 25.5 Å². The monoisotopic (exact) mass is 354 g/mol. The molecule has 122 valence electrons. The van der Waals surface area contributed by atoms with Crippen LogP contribution in [0.5, 0.6) is 0 Å². The minimum atomic E-state index is -0.585. The zero-order valence-electron chi connectivity index (χ0n) is 12.4. The van der Waals surface area contributed by atoms with Crippen molar-refractivity contribution >= 4 is 35.3 Å². The van der Waals surface area contributed by atoms with Crippen molar-refractivity contribution in [3.8, 4) is 11.4 Å². The Morgan fingerprint density at radius 3 is 2.70 bits per heavy atom. The summed E-state index contributed by atoms with van der Waals surface area (Å²) >= 11 is 7.20. The summed E-state index contributed by atoms with van der Waals surface area (Å²) in [5.74, 6) is 5.91. The number of hydrogen-bond acceptors (Lipinski definition) is 6. The van der Waals surface area contributed by atoms with E-state index >= 15 is 0 Å². The second kappa shape index (κ2) is 7.34. The van der Waals surface area contributed by atoms with Gasteiger partial charge in [-0.2, -0.15) is 0 Å². The first-order valence-corrected chi connectivity index (χ1v) is 7.84. The van der Waals surface area contributed by atoms with Gasteiger partial charge in [0.15, 0.2) is 5.82 Å². The smallest absolute Gasteiger partial charge is 0.321 e. The van der Waals surface area contributed by atoms with Gasteiger partial charge in [-0.15, -0.1) is 10.2 Å². The van der Waals surface area contributed by atoms with Gasteiger partial charge in [0.05, 0.1) is 10.3 Å². The van der Waals surface area contributed by atoms with Crippen LogP contribution in [0.15, 0.2) is 29.4 Å². The Balaban J connectivity index is 2.15. The zero-order valence-corrected chi connectivity index (χ0v) is 14.0. The van der Waals surface area contributed by atoms with Gasteiger partial charge in [-0.1, -0.05) is 35.5 Å². The number of carbonyl (C=O) groups is 2. The third-order valence-electron chi connectivity index (χ3n) is 2.89. The van der Waals surface area contributed by atoms with Gasteiger partial charge in [-0.05, 0) is 19.1 Å². The molecule has 2 rings (SSSR count). The van der Waals surface area contributed by atoms with E-state index in [-0.39, 0.29) is 0 Å². The number of hydrogen-bond donors (Lipinski definition) is 3. The number of nitrogens with one attached hydrogen (secondary N) is 2. The van der Waals surface area contributed by atoms with Gasteiger partial charge < -0.3 is 11.2 Å². The molecule has 0 aliphatic carbocycles. The van der Waals surface area contributed by atoms with Crippen LogP contribution in [0.25, 0.3) is 11.4 Å². The van der Waals surface area contributed by atoms with Gasteiger partial charge in [0.2, 0.25) is 11.1 Å². The van der Waals surface area contributed by atoms with Crippen LogP contribution in [0.3, 0.4) is 0 Å². The second-order valence-corrected chi connectivity index (χ2v) is 6.20. The van der Waals surface area contributed by atoms with Crippen LogP contribution >= 0.6 is 23.4 Å². The lowest BCUT2D eigenvalue weighted by Gasteiger charge is -2.10. The maximum atomic E-state index is 11.8. The molecule has 0 aliphatic rings. The summed E-state index contributed by atoms with van der Waals surface area (Å²) < 4.78 is 1.26. The summed E-state index contributed by atoms with van der Waals surface area (Å²) in [6, 6.07) is 6.52. The first-order chi connectivity index (χ1) is 10.9. The molecule has 8 nitrogen and oxygen atoms in total. The SMILES string of the molecule is CNC(=O)NC(=O)[C@H](C)Sc1nnc(-c2ccccc2Cl)n1N. The fourth-order valence-corrected chi connectivity index (χ4v) is 2.66. The molecule has 1 aromatic heterocycles. The van der Waals surface area contributed by atoms with Gasteiger partial charge in [-0.25, -0.2) is 9.47 Å². The van der Waals surface area contributed by atoms with Crippen molar-refractivity contribution in [3.05, 3.63) is 29.3 Å². The topological polar surface area (TPSA) is 115 Å². The number of nitrogen functional groups attached to an aromatic ring is 1. The minimum absolute atomic E-state index is 0.333. The van der Waals surface area contributed by atoms with Crippen molar-refractivity contribution in [2.75, 3.05) is 12.9 Å². The predicted octanol–water partition coefficient (Wildman–Crippen LogP) is 1.25. The zero-order chi connectivity index (χ0) is 17.0. The summed E-state index contributed by atoms with van der Waals surface area (Å²) in [6.45, 7) is 1.63. The Hall–Kier alpha value is -2.26. The van der Waals surface area contributed by atoms with E-state index in [1.165, 1.54) is 11.7 Å². The molecule has 0 bridgehead atoms. The highest BCUT2D eigenvalue weighted by Gasteiger charge is 2.21. The number of imide groups is 1. The average molecular weight is 355 g/mol. The molecule has 0 saturated heterocycles.